The predicted octanol–water partition coefficient (Wildman–Crippen LogP) is 4.89. The van der Waals surface area contributed by atoms with E-state index in [9.17, 15) is 4.79 Å². The number of carbonyl (C=O) groups excluding carboxylic acids is 1. The fourth-order valence-electron chi connectivity index (χ4n) is 2.82. The minimum Gasteiger partial charge on any atom is -0.385 e. The van der Waals surface area contributed by atoms with E-state index >= 15 is 0 Å². The molecule has 0 saturated heterocycles. The lowest BCUT2D eigenvalue weighted by Crippen LogP contribution is -2.15. The average molecular weight is 476 g/mol. The Balaban J connectivity index is 1.73. The SMILES string of the molecule is COCCCn1c(SCC(=O)Nc2ccc(C#N)c(Cl)c2)nnc1-c1ccccc1Cl. The quantitative estimate of drug-likeness (QED) is 0.349. The first-order valence-corrected chi connectivity index (χ1v) is 11.1. The van der Waals surface area contributed by atoms with Crippen molar-refractivity contribution in [2.75, 3.05) is 24.8 Å². The van der Waals surface area contributed by atoms with Gasteiger partial charge in [-0.1, -0.05) is 47.1 Å². The van der Waals surface area contributed by atoms with Gasteiger partial charge in [-0.2, -0.15) is 5.26 Å². The first kappa shape index (κ1) is 23.1. The summed E-state index contributed by atoms with van der Waals surface area (Å²) in [4.78, 5) is 12.4. The molecule has 7 nitrogen and oxygen atoms in total. The highest BCUT2D eigenvalue weighted by Crippen LogP contribution is 2.29. The van der Waals surface area contributed by atoms with E-state index in [0.717, 1.165) is 12.0 Å². The third-order valence-electron chi connectivity index (χ3n) is 4.27. The molecule has 1 N–H and O–H groups in total. The van der Waals surface area contributed by atoms with E-state index in [4.69, 9.17) is 33.2 Å². The largest absolute Gasteiger partial charge is 0.385 e. The highest BCUT2D eigenvalue weighted by molar-refractivity contribution is 7.99. The Bertz CT molecular complexity index is 1110. The molecule has 1 aromatic heterocycles. The minimum absolute atomic E-state index is 0.128. The standard InChI is InChI=1S/C21H19Cl2N5O2S/c1-30-10-4-9-28-20(16-5-2-3-6-17(16)22)26-27-21(28)31-13-19(29)25-15-8-7-14(12-24)18(23)11-15/h2-3,5-8,11H,4,9-10,13H2,1H3,(H,25,29). The third kappa shape index (κ3) is 5.99. The number of hydrogen-bond acceptors (Lipinski definition) is 6. The van der Waals surface area contributed by atoms with Crippen molar-refractivity contribution >= 4 is 46.6 Å². The van der Waals surface area contributed by atoms with E-state index in [-0.39, 0.29) is 16.7 Å². The normalized spacial score (nSPS) is 10.6. The van der Waals surface area contributed by atoms with Gasteiger partial charge in [0, 0.05) is 31.5 Å². The molecule has 1 amide bonds. The third-order valence-corrected chi connectivity index (χ3v) is 5.88. The van der Waals surface area contributed by atoms with Crippen molar-refractivity contribution in [3.63, 3.8) is 0 Å². The fourth-order valence-corrected chi connectivity index (χ4v) is 4.02. The van der Waals surface area contributed by atoms with Crippen LogP contribution < -0.4 is 5.32 Å². The van der Waals surface area contributed by atoms with Gasteiger partial charge in [0.25, 0.3) is 0 Å². The second kappa shape index (κ2) is 11.2. The van der Waals surface area contributed by atoms with Gasteiger partial charge in [0.05, 0.1) is 21.4 Å². The molecule has 0 spiro atoms. The highest BCUT2D eigenvalue weighted by atomic mass is 35.5. The highest BCUT2D eigenvalue weighted by Gasteiger charge is 2.17. The van der Waals surface area contributed by atoms with Crippen LogP contribution in [0.4, 0.5) is 5.69 Å². The van der Waals surface area contributed by atoms with Crippen LogP contribution in [0, 0.1) is 11.3 Å². The van der Waals surface area contributed by atoms with Crippen LogP contribution in [0.2, 0.25) is 10.0 Å². The lowest BCUT2D eigenvalue weighted by Gasteiger charge is -2.11. The number of nitrogens with one attached hydrogen (secondary N) is 1. The van der Waals surface area contributed by atoms with Gasteiger partial charge in [-0.15, -0.1) is 10.2 Å². The van der Waals surface area contributed by atoms with E-state index < -0.39 is 0 Å². The zero-order valence-corrected chi connectivity index (χ0v) is 19.0. The maximum atomic E-state index is 12.4. The van der Waals surface area contributed by atoms with Gasteiger partial charge in [-0.3, -0.25) is 4.79 Å². The number of anilines is 1. The predicted molar refractivity (Wildman–Crippen MR) is 122 cm³/mol. The lowest BCUT2D eigenvalue weighted by molar-refractivity contribution is -0.113. The van der Waals surface area contributed by atoms with Crippen LogP contribution in [0.25, 0.3) is 11.4 Å². The molecule has 0 saturated carbocycles. The Morgan fingerprint density at radius 1 is 1.23 bits per heavy atom. The zero-order valence-electron chi connectivity index (χ0n) is 16.6. The molecule has 0 aliphatic heterocycles. The first-order valence-electron chi connectivity index (χ1n) is 9.33. The number of benzene rings is 2. The van der Waals surface area contributed by atoms with Crippen LogP contribution >= 0.6 is 35.0 Å². The van der Waals surface area contributed by atoms with Crippen molar-refractivity contribution in [1.82, 2.24) is 14.8 Å². The maximum Gasteiger partial charge on any atom is 0.234 e. The Morgan fingerprint density at radius 3 is 2.74 bits per heavy atom. The van der Waals surface area contributed by atoms with Gasteiger partial charge in [-0.25, -0.2) is 0 Å². The molecule has 3 aromatic rings. The number of hydrogen-bond donors (Lipinski definition) is 1. The average Bonchev–Trinajstić information content (AvgIpc) is 3.15. The molecule has 160 valence electrons. The zero-order chi connectivity index (χ0) is 22.2. The lowest BCUT2D eigenvalue weighted by atomic mass is 10.2. The second-order valence-electron chi connectivity index (χ2n) is 6.43. The molecule has 0 unspecified atom stereocenters. The molecule has 0 radical (unpaired) electrons. The van der Waals surface area contributed by atoms with Gasteiger partial charge < -0.3 is 14.6 Å². The monoisotopic (exact) mass is 475 g/mol. The van der Waals surface area contributed by atoms with Crippen molar-refractivity contribution in [2.24, 2.45) is 0 Å². The Kier molecular flexibility index (Phi) is 8.32. The first-order chi connectivity index (χ1) is 15.0. The van der Waals surface area contributed by atoms with Crippen LogP contribution in [0.1, 0.15) is 12.0 Å². The number of nitriles is 1. The summed E-state index contributed by atoms with van der Waals surface area (Å²) in [5, 5.41) is 21.8. The van der Waals surface area contributed by atoms with Crippen molar-refractivity contribution in [2.45, 2.75) is 18.1 Å². The number of carbonyl (C=O) groups is 1. The molecule has 1 heterocycles. The number of ether oxygens (including phenoxy) is 1. The molecule has 31 heavy (non-hydrogen) atoms. The van der Waals surface area contributed by atoms with Gasteiger partial charge in [-0.05, 0) is 36.8 Å². The number of nitrogens with zero attached hydrogens (tertiary/aromatic N) is 4. The Morgan fingerprint density at radius 2 is 2.03 bits per heavy atom. The molecule has 2 aromatic carbocycles. The maximum absolute atomic E-state index is 12.4. The molecule has 0 bridgehead atoms. The number of thioether (sulfide) groups is 1. The van der Waals surface area contributed by atoms with Crippen molar-refractivity contribution in [3.8, 4) is 17.5 Å². The Labute approximate surface area is 194 Å². The van der Waals surface area contributed by atoms with E-state index in [1.54, 1.807) is 31.4 Å². The summed E-state index contributed by atoms with van der Waals surface area (Å²) >= 11 is 13.6. The van der Waals surface area contributed by atoms with Crippen LogP contribution in [-0.4, -0.2) is 40.1 Å². The van der Waals surface area contributed by atoms with Crippen LogP contribution in [0.5, 0.6) is 0 Å². The molecular weight excluding hydrogens is 457 g/mol. The molecule has 0 aliphatic carbocycles. The van der Waals surface area contributed by atoms with E-state index in [1.165, 1.54) is 11.8 Å². The molecule has 0 fully saturated rings. The smallest absolute Gasteiger partial charge is 0.234 e. The molecular formula is C21H19Cl2N5O2S. The van der Waals surface area contributed by atoms with Gasteiger partial charge in [0.2, 0.25) is 5.91 Å². The summed E-state index contributed by atoms with van der Waals surface area (Å²) in [7, 11) is 1.65. The number of methoxy groups -OCH3 is 1. The number of amides is 1. The summed E-state index contributed by atoms with van der Waals surface area (Å²) < 4.78 is 7.10. The molecule has 0 aliphatic rings. The Hall–Kier alpha value is -2.57. The van der Waals surface area contributed by atoms with E-state index in [2.05, 4.69) is 15.5 Å². The number of halogens is 2. The van der Waals surface area contributed by atoms with Gasteiger partial charge in [0.15, 0.2) is 11.0 Å². The molecule has 10 heteroatoms. The minimum atomic E-state index is -0.225. The second-order valence-corrected chi connectivity index (χ2v) is 8.18. The van der Waals surface area contributed by atoms with E-state index in [1.807, 2.05) is 28.8 Å². The molecule has 0 atom stereocenters. The van der Waals surface area contributed by atoms with Crippen molar-refractivity contribution < 1.29 is 9.53 Å². The van der Waals surface area contributed by atoms with Crippen molar-refractivity contribution in [1.29, 1.82) is 5.26 Å². The summed E-state index contributed by atoms with van der Waals surface area (Å²) in [5.74, 6) is 0.544. The summed E-state index contributed by atoms with van der Waals surface area (Å²) in [6.45, 7) is 1.21. The van der Waals surface area contributed by atoms with Crippen LogP contribution in [-0.2, 0) is 16.1 Å². The van der Waals surface area contributed by atoms with Crippen LogP contribution in [0.15, 0.2) is 47.6 Å². The number of rotatable bonds is 9. The summed E-state index contributed by atoms with van der Waals surface area (Å²) in [5.41, 5.74) is 1.65. The van der Waals surface area contributed by atoms with Gasteiger partial charge in [0.1, 0.15) is 6.07 Å². The van der Waals surface area contributed by atoms with Crippen LogP contribution in [0.3, 0.4) is 0 Å². The number of aromatic nitrogens is 3. The summed E-state index contributed by atoms with van der Waals surface area (Å²) in [6, 6.07) is 14.2. The summed E-state index contributed by atoms with van der Waals surface area (Å²) in [6.07, 6.45) is 0.759. The molecule has 3 rings (SSSR count). The topological polar surface area (TPSA) is 92.8 Å². The van der Waals surface area contributed by atoms with Gasteiger partial charge >= 0.3 is 0 Å². The van der Waals surface area contributed by atoms with Crippen molar-refractivity contribution in [3.05, 3.63) is 58.1 Å². The van der Waals surface area contributed by atoms with E-state index in [0.29, 0.717) is 40.4 Å². The fraction of sp³-hybridized carbons (Fsp3) is 0.238.